The molecule has 96 valence electrons. The molecule has 0 aliphatic heterocycles. The Morgan fingerprint density at radius 2 is 2.22 bits per heavy atom. The maximum absolute atomic E-state index is 10.8. The first-order valence-electron chi connectivity index (χ1n) is 6.60. The molecule has 4 nitrogen and oxygen atoms in total. The molecule has 2 N–H and O–H groups in total. The van der Waals surface area contributed by atoms with Gasteiger partial charge in [-0.2, -0.15) is 0 Å². The highest BCUT2D eigenvalue weighted by Crippen LogP contribution is 2.60. The summed E-state index contributed by atoms with van der Waals surface area (Å²) in [4.78, 5) is 14.9. The molecule has 2 saturated carbocycles. The summed E-state index contributed by atoms with van der Waals surface area (Å²) in [5.74, 6) is -0.0168. The zero-order valence-corrected chi connectivity index (χ0v) is 10.4. The van der Waals surface area contributed by atoms with Gasteiger partial charge in [-0.3, -0.25) is 0 Å². The van der Waals surface area contributed by atoms with E-state index in [1.165, 1.54) is 31.7 Å². The van der Waals surface area contributed by atoms with Gasteiger partial charge in [0.1, 0.15) is 5.69 Å². The Hall–Kier alpha value is -1.42. The molecule has 0 amide bonds. The third-order valence-electron chi connectivity index (χ3n) is 4.14. The molecule has 0 radical (unpaired) electrons. The molecule has 2 aliphatic rings. The third-order valence-corrected chi connectivity index (χ3v) is 4.14. The number of rotatable bonds is 6. The predicted molar refractivity (Wildman–Crippen MR) is 67.3 cm³/mol. The first-order chi connectivity index (χ1) is 8.70. The molecule has 1 aromatic rings. The van der Waals surface area contributed by atoms with Crippen LogP contribution in [0.2, 0.25) is 0 Å². The van der Waals surface area contributed by atoms with Crippen molar-refractivity contribution in [3.63, 3.8) is 0 Å². The van der Waals surface area contributed by atoms with E-state index in [-0.39, 0.29) is 5.69 Å². The van der Waals surface area contributed by atoms with Gasteiger partial charge in [-0.05, 0) is 49.1 Å². The van der Waals surface area contributed by atoms with Crippen LogP contribution >= 0.6 is 0 Å². The van der Waals surface area contributed by atoms with Crippen LogP contribution in [0.15, 0.2) is 18.2 Å². The Kier molecular flexibility index (Phi) is 2.82. The molecule has 2 fully saturated rings. The minimum atomic E-state index is -0.964. The predicted octanol–water partition coefficient (Wildman–Crippen LogP) is 2.06. The molecule has 18 heavy (non-hydrogen) atoms. The second-order valence-corrected chi connectivity index (χ2v) is 5.56. The molecule has 0 bridgehead atoms. The van der Waals surface area contributed by atoms with E-state index in [0.717, 1.165) is 18.2 Å². The lowest BCUT2D eigenvalue weighted by atomic mass is 10.0. The number of aromatic carboxylic acids is 1. The number of hydrogen-bond donors (Lipinski definition) is 2. The van der Waals surface area contributed by atoms with E-state index in [1.807, 2.05) is 6.07 Å². The summed E-state index contributed by atoms with van der Waals surface area (Å²) >= 11 is 0. The molecule has 0 spiro atoms. The highest BCUT2D eigenvalue weighted by molar-refractivity contribution is 5.85. The Morgan fingerprint density at radius 1 is 1.44 bits per heavy atom. The number of carboxylic acid groups (broad SMARTS) is 1. The van der Waals surface area contributed by atoms with Crippen LogP contribution in [0.1, 0.15) is 41.9 Å². The van der Waals surface area contributed by atoms with Crippen molar-refractivity contribution in [3.8, 4) is 0 Å². The van der Waals surface area contributed by atoms with Gasteiger partial charge in [0.2, 0.25) is 0 Å². The van der Waals surface area contributed by atoms with Crippen molar-refractivity contribution >= 4 is 5.97 Å². The topological polar surface area (TPSA) is 62.2 Å². The minimum absolute atomic E-state index is 0.123. The van der Waals surface area contributed by atoms with Gasteiger partial charge >= 0.3 is 5.97 Å². The first-order valence-corrected chi connectivity index (χ1v) is 6.60. The number of carbonyl (C=O) groups is 1. The molecule has 1 aromatic heterocycles. The van der Waals surface area contributed by atoms with E-state index in [9.17, 15) is 4.79 Å². The van der Waals surface area contributed by atoms with Crippen LogP contribution in [0.3, 0.4) is 0 Å². The molecule has 0 aromatic carbocycles. The molecular formula is C14H18N2O2. The van der Waals surface area contributed by atoms with E-state index in [2.05, 4.69) is 10.3 Å². The van der Waals surface area contributed by atoms with Crippen molar-refractivity contribution in [2.24, 2.45) is 11.3 Å². The summed E-state index contributed by atoms with van der Waals surface area (Å²) in [7, 11) is 0. The lowest BCUT2D eigenvalue weighted by Crippen LogP contribution is -2.25. The molecule has 0 atom stereocenters. The van der Waals surface area contributed by atoms with Crippen LogP contribution in [-0.4, -0.2) is 22.6 Å². The van der Waals surface area contributed by atoms with Gasteiger partial charge in [0.05, 0.1) is 5.69 Å². The number of carboxylic acids is 1. The smallest absolute Gasteiger partial charge is 0.354 e. The van der Waals surface area contributed by atoms with Crippen LogP contribution in [0, 0.1) is 11.3 Å². The van der Waals surface area contributed by atoms with E-state index < -0.39 is 5.97 Å². The summed E-state index contributed by atoms with van der Waals surface area (Å²) in [5, 5.41) is 12.3. The van der Waals surface area contributed by atoms with Gasteiger partial charge in [-0.15, -0.1) is 0 Å². The summed E-state index contributed by atoms with van der Waals surface area (Å²) in [6.45, 7) is 1.71. The zero-order valence-electron chi connectivity index (χ0n) is 10.4. The number of pyridine rings is 1. The Balaban J connectivity index is 1.53. The molecular weight excluding hydrogens is 228 g/mol. The Bertz CT molecular complexity index is 465. The molecule has 4 heteroatoms. The van der Waals surface area contributed by atoms with Gasteiger partial charge in [-0.25, -0.2) is 9.78 Å². The minimum Gasteiger partial charge on any atom is -0.477 e. The summed E-state index contributed by atoms with van der Waals surface area (Å²) in [6.07, 6.45) is 5.50. The van der Waals surface area contributed by atoms with Crippen molar-refractivity contribution in [2.75, 3.05) is 6.54 Å². The molecule has 1 heterocycles. The zero-order chi connectivity index (χ0) is 12.6. The molecule has 0 saturated heterocycles. The van der Waals surface area contributed by atoms with Gasteiger partial charge in [0, 0.05) is 13.1 Å². The van der Waals surface area contributed by atoms with Crippen molar-refractivity contribution in [1.29, 1.82) is 0 Å². The van der Waals surface area contributed by atoms with Crippen LogP contribution < -0.4 is 5.32 Å². The first kappa shape index (κ1) is 11.7. The monoisotopic (exact) mass is 246 g/mol. The van der Waals surface area contributed by atoms with Crippen molar-refractivity contribution in [3.05, 3.63) is 29.6 Å². The fourth-order valence-corrected chi connectivity index (χ4v) is 2.72. The van der Waals surface area contributed by atoms with E-state index in [0.29, 0.717) is 12.0 Å². The normalized spacial score (nSPS) is 20.7. The van der Waals surface area contributed by atoms with Crippen LogP contribution in [-0.2, 0) is 6.54 Å². The largest absolute Gasteiger partial charge is 0.477 e. The second kappa shape index (κ2) is 4.35. The molecule has 2 aliphatic carbocycles. The molecule has 3 rings (SSSR count). The summed E-state index contributed by atoms with van der Waals surface area (Å²) < 4.78 is 0. The standard InChI is InChI=1S/C14H18N2O2/c17-13(18)12-3-1-2-11(16-12)8-15-9-14(6-7-14)10-4-5-10/h1-3,10,15H,4-9H2,(H,17,18). The van der Waals surface area contributed by atoms with Gasteiger partial charge < -0.3 is 10.4 Å². The average Bonchev–Trinajstić information content (AvgIpc) is 3.23. The van der Waals surface area contributed by atoms with Crippen molar-refractivity contribution in [1.82, 2.24) is 10.3 Å². The fourth-order valence-electron chi connectivity index (χ4n) is 2.72. The maximum Gasteiger partial charge on any atom is 0.354 e. The average molecular weight is 246 g/mol. The lowest BCUT2D eigenvalue weighted by molar-refractivity contribution is 0.0690. The molecule has 0 unspecified atom stereocenters. The van der Waals surface area contributed by atoms with Gasteiger partial charge in [0.15, 0.2) is 0 Å². The Morgan fingerprint density at radius 3 is 2.83 bits per heavy atom. The quantitative estimate of drug-likeness (QED) is 0.806. The Labute approximate surface area is 106 Å². The van der Waals surface area contributed by atoms with Crippen molar-refractivity contribution < 1.29 is 9.90 Å². The lowest BCUT2D eigenvalue weighted by Gasteiger charge is -2.14. The van der Waals surface area contributed by atoms with Crippen LogP contribution in [0.25, 0.3) is 0 Å². The van der Waals surface area contributed by atoms with E-state index in [4.69, 9.17) is 5.11 Å². The van der Waals surface area contributed by atoms with Crippen LogP contribution in [0.4, 0.5) is 0 Å². The SMILES string of the molecule is O=C(O)c1cccc(CNCC2(C3CC3)CC2)n1. The van der Waals surface area contributed by atoms with Crippen molar-refractivity contribution in [2.45, 2.75) is 32.2 Å². The van der Waals surface area contributed by atoms with Gasteiger partial charge in [-0.1, -0.05) is 6.07 Å². The fraction of sp³-hybridized carbons (Fsp3) is 0.571. The van der Waals surface area contributed by atoms with Gasteiger partial charge in [0.25, 0.3) is 0 Å². The van der Waals surface area contributed by atoms with E-state index >= 15 is 0 Å². The number of hydrogen-bond acceptors (Lipinski definition) is 3. The highest BCUT2D eigenvalue weighted by atomic mass is 16.4. The summed E-state index contributed by atoms with van der Waals surface area (Å²) in [6, 6.07) is 5.15. The summed E-state index contributed by atoms with van der Waals surface area (Å²) in [5.41, 5.74) is 1.50. The highest BCUT2D eigenvalue weighted by Gasteiger charge is 2.53. The maximum atomic E-state index is 10.8. The van der Waals surface area contributed by atoms with E-state index in [1.54, 1.807) is 6.07 Å². The third kappa shape index (κ3) is 2.38. The number of nitrogens with one attached hydrogen (secondary N) is 1. The number of aromatic nitrogens is 1. The van der Waals surface area contributed by atoms with Crippen LogP contribution in [0.5, 0.6) is 0 Å². The number of nitrogens with zero attached hydrogens (tertiary/aromatic N) is 1. The second-order valence-electron chi connectivity index (χ2n) is 5.56.